The SMILES string of the molecule is CCc1nc2ccc(CC(C)(C)N)cc2s1. The van der Waals surface area contributed by atoms with Crippen LogP contribution in [0.2, 0.25) is 0 Å². The summed E-state index contributed by atoms with van der Waals surface area (Å²) in [5, 5.41) is 1.21. The molecule has 0 fully saturated rings. The first kappa shape index (κ1) is 11.6. The maximum Gasteiger partial charge on any atom is 0.0935 e. The fourth-order valence-electron chi connectivity index (χ4n) is 1.80. The molecule has 16 heavy (non-hydrogen) atoms. The zero-order chi connectivity index (χ0) is 11.8. The molecule has 2 N–H and O–H groups in total. The summed E-state index contributed by atoms with van der Waals surface area (Å²) in [5.41, 5.74) is 8.29. The second-order valence-electron chi connectivity index (χ2n) is 4.93. The minimum Gasteiger partial charge on any atom is -0.325 e. The zero-order valence-electron chi connectivity index (χ0n) is 10.1. The van der Waals surface area contributed by atoms with Crippen LogP contribution in [0.25, 0.3) is 10.2 Å². The number of aryl methyl sites for hydroxylation is 1. The number of benzene rings is 1. The van der Waals surface area contributed by atoms with Gasteiger partial charge in [0.25, 0.3) is 0 Å². The van der Waals surface area contributed by atoms with Crippen LogP contribution in [-0.2, 0) is 12.8 Å². The Morgan fingerprint density at radius 1 is 1.38 bits per heavy atom. The van der Waals surface area contributed by atoms with E-state index in [-0.39, 0.29) is 5.54 Å². The third kappa shape index (κ3) is 2.60. The maximum absolute atomic E-state index is 6.03. The highest BCUT2D eigenvalue weighted by Crippen LogP contribution is 2.24. The van der Waals surface area contributed by atoms with Crippen molar-refractivity contribution in [2.24, 2.45) is 5.73 Å². The molecule has 0 saturated heterocycles. The van der Waals surface area contributed by atoms with Crippen molar-refractivity contribution in [2.45, 2.75) is 39.2 Å². The lowest BCUT2D eigenvalue weighted by Crippen LogP contribution is -2.34. The first-order chi connectivity index (χ1) is 7.48. The molecule has 0 radical (unpaired) electrons. The number of thiazole rings is 1. The fraction of sp³-hybridized carbons (Fsp3) is 0.462. The Labute approximate surface area is 101 Å². The number of hydrogen-bond donors (Lipinski definition) is 1. The van der Waals surface area contributed by atoms with Crippen molar-refractivity contribution in [1.29, 1.82) is 0 Å². The molecule has 2 rings (SSSR count). The van der Waals surface area contributed by atoms with E-state index in [1.807, 2.05) is 0 Å². The topological polar surface area (TPSA) is 38.9 Å². The summed E-state index contributed by atoms with van der Waals surface area (Å²) in [6, 6.07) is 6.46. The largest absolute Gasteiger partial charge is 0.325 e. The molecule has 0 spiro atoms. The van der Waals surface area contributed by atoms with Crippen LogP contribution < -0.4 is 5.73 Å². The predicted octanol–water partition coefficient (Wildman–Crippen LogP) is 3.14. The normalized spacial score (nSPS) is 12.2. The summed E-state index contributed by atoms with van der Waals surface area (Å²) < 4.78 is 1.28. The third-order valence-electron chi connectivity index (χ3n) is 2.46. The minimum atomic E-state index is -0.147. The number of hydrogen-bond acceptors (Lipinski definition) is 3. The number of fused-ring (bicyclic) bond motifs is 1. The molecule has 1 aromatic heterocycles. The third-order valence-corrected chi connectivity index (χ3v) is 3.62. The van der Waals surface area contributed by atoms with E-state index >= 15 is 0 Å². The number of nitrogens with zero attached hydrogens (tertiary/aromatic N) is 1. The van der Waals surface area contributed by atoms with Gasteiger partial charge in [0.05, 0.1) is 15.2 Å². The summed E-state index contributed by atoms with van der Waals surface area (Å²) in [7, 11) is 0. The van der Waals surface area contributed by atoms with Gasteiger partial charge >= 0.3 is 0 Å². The average molecular weight is 234 g/mol. The molecule has 0 aliphatic rings. The Bertz CT molecular complexity index is 494. The van der Waals surface area contributed by atoms with Crippen LogP contribution in [0.5, 0.6) is 0 Å². The van der Waals surface area contributed by atoms with Gasteiger partial charge in [-0.25, -0.2) is 4.98 Å². The van der Waals surface area contributed by atoms with Crippen molar-refractivity contribution in [3.63, 3.8) is 0 Å². The molecule has 2 nitrogen and oxygen atoms in total. The van der Waals surface area contributed by atoms with Gasteiger partial charge in [-0.1, -0.05) is 13.0 Å². The highest BCUT2D eigenvalue weighted by Gasteiger charge is 2.12. The number of aromatic nitrogens is 1. The molecule has 0 atom stereocenters. The van der Waals surface area contributed by atoms with Gasteiger partial charge in [0, 0.05) is 5.54 Å². The van der Waals surface area contributed by atoms with Crippen LogP contribution in [0.3, 0.4) is 0 Å². The lowest BCUT2D eigenvalue weighted by molar-refractivity contribution is 0.517. The summed E-state index contributed by atoms with van der Waals surface area (Å²) in [4.78, 5) is 4.56. The Morgan fingerprint density at radius 2 is 2.12 bits per heavy atom. The van der Waals surface area contributed by atoms with E-state index < -0.39 is 0 Å². The second-order valence-corrected chi connectivity index (χ2v) is 6.04. The van der Waals surface area contributed by atoms with E-state index in [0.717, 1.165) is 18.4 Å². The smallest absolute Gasteiger partial charge is 0.0935 e. The van der Waals surface area contributed by atoms with Gasteiger partial charge in [-0.15, -0.1) is 11.3 Å². The van der Waals surface area contributed by atoms with E-state index in [0.29, 0.717) is 0 Å². The first-order valence-electron chi connectivity index (χ1n) is 5.65. The highest BCUT2D eigenvalue weighted by atomic mass is 32.1. The van der Waals surface area contributed by atoms with Crippen molar-refractivity contribution in [3.8, 4) is 0 Å². The van der Waals surface area contributed by atoms with Gasteiger partial charge in [0.15, 0.2) is 0 Å². The van der Waals surface area contributed by atoms with Crippen LogP contribution in [0.1, 0.15) is 31.3 Å². The second kappa shape index (κ2) is 4.15. The first-order valence-corrected chi connectivity index (χ1v) is 6.47. The quantitative estimate of drug-likeness (QED) is 0.886. The zero-order valence-corrected chi connectivity index (χ0v) is 10.9. The monoisotopic (exact) mass is 234 g/mol. The average Bonchev–Trinajstić information content (AvgIpc) is 2.57. The van der Waals surface area contributed by atoms with Crippen molar-refractivity contribution in [2.75, 3.05) is 0 Å². The summed E-state index contributed by atoms with van der Waals surface area (Å²) in [6.45, 7) is 6.25. The van der Waals surface area contributed by atoms with E-state index in [1.165, 1.54) is 15.3 Å². The van der Waals surface area contributed by atoms with Crippen LogP contribution >= 0.6 is 11.3 Å². The summed E-state index contributed by atoms with van der Waals surface area (Å²) >= 11 is 1.79. The molecule has 1 heterocycles. The van der Waals surface area contributed by atoms with Crippen LogP contribution in [0, 0.1) is 0 Å². The molecule has 0 unspecified atom stereocenters. The van der Waals surface area contributed by atoms with Gasteiger partial charge < -0.3 is 5.73 Å². The predicted molar refractivity (Wildman–Crippen MR) is 71.0 cm³/mol. The van der Waals surface area contributed by atoms with Crippen LogP contribution in [0.4, 0.5) is 0 Å². The van der Waals surface area contributed by atoms with Gasteiger partial charge in [0.2, 0.25) is 0 Å². The molecule has 0 aliphatic heterocycles. The summed E-state index contributed by atoms with van der Waals surface area (Å²) in [5.74, 6) is 0. The van der Waals surface area contributed by atoms with Crippen LogP contribution in [-0.4, -0.2) is 10.5 Å². The fourth-order valence-corrected chi connectivity index (χ4v) is 2.77. The van der Waals surface area contributed by atoms with Crippen molar-refractivity contribution >= 4 is 21.6 Å². The van der Waals surface area contributed by atoms with Crippen molar-refractivity contribution < 1.29 is 0 Å². The lowest BCUT2D eigenvalue weighted by atomic mass is 9.96. The standard InChI is InChI=1S/C13H18N2S/c1-4-12-15-10-6-5-9(7-11(10)16-12)8-13(2,3)14/h5-7H,4,8,14H2,1-3H3. The van der Waals surface area contributed by atoms with Crippen molar-refractivity contribution in [1.82, 2.24) is 4.98 Å². The Kier molecular flexibility index (Phi) is 3.00. The van der Waals surface area contributed by atoms with E-state index in [9.17, 15) is 0 Å². The van der Waals surface area contributed by atoms with Crippen LogP contribution in [0.15, 0.2) is 18.2 Å². The molecule has 0 bridgehead atoms. The highest BCUT2D eigenvalue weighted by molar-refractivity contribution is 7.18. The molecule has 3 heteroatoms. The lowest BCUT2D eigenvalue weighted by Gasteiger charge is -2.18. The molecule has 86 valence electrons. The van der Waals surface area contributed by atoms with E-state index in [4.69, 9.17) is 5.73 Å². The Morgan fingerprint density at radius 3 is 2.75 bits per heavy atom. The van der Waals surface area contributed by atoms with Crippen molar-refractivity contribution in [3.05, 3.63) is 28.8 Å². The number of rotatable bonds is 3. The Balaban J connectivity index is 2.36. The summed E-state index contributed by atoms with van der Waals surface area (Å²) in [6.07, 6.45) is 1.92. The van der Waals surface area contributed by atoms with E-state index in [1.54, 1.807) is 11.3 Å². The van der Waals surface area contributed by atoms with E-state index in [2.05, 4.69) is 44.0 Å². The number of nitrogens with two attached hydrogens (primary N) is 1. The molecule has 0 amide bonds. The molecule has 0 aliphatic carbocycles. The van der Waals surface area contributed by atoms with Gasteiger partial charge in [0.1, 0.15) is 0 Å². The van der Waals surface area contributed by atoms with Gasteiger partial charge in [-0.05, 0) is 44.4 Å². The minimum absolute atomic E-state index is 0.147. The molecular formula is C13H18N2S. The maximum atomic E-state index is 6.03. The molecule has 2 aromatic rings. The molecular weight excluding hydrogens is 216 g/mol. The van der Waals surface area contributed by atoms with Gasteiger partial charge in [-0.3, -0.25) is 0 Å². The van der Waals surface area contributed by atoms with Gasteiger partial charge in [-0.2, -0.15) is 0 Å². The molecule has 0 saturated carbocycles. The molecule has 1 aromatic carbocycles. The Hall–Kier alpha value is -0.930.